The molecule has 0 aliphatic rings. The zero-order valence-corrected chi connectivity index (χ0v) is 17.2. The Bertz CT molecular complexity index is 1300. The fraction of sp³-hybridized carbons (Fsp3) is 0.190. The molecule has 0 fully saturated rings. The largest absolute Gasteiger partial charge is 0.490 e. The summed E-state index contributed by atoms with van der Waals surface area (Å²) < 4.78 is 63.8. The van der Waals surface area contributed by atoms with Crippen molar-refractivity contribution in [2.45, 2.75) is 12.7 Å². The molecule has 176 valence electrons. The monoisotopic (exact) mass is 477 g/mol. The molecule has 0 spiro atoms. The minimum Gasteiger partial charge on any atom is -0.490 e. The molecule has 2 aromatic carbocycles. The first kappa shape index (κ1) is 22.9. The number of aromatic nitrogens is 5. The molecule has 0 unspecified atom stereocenters. The molecule has 0 saturated carbocycles. The van der Waals surface area contributed by atoms with Crippen molar-refractivity contribution < 1.29 is 36.7 Å². The van der Waals surface area contributed by atoms with Gasteiger partial charge in [0.2, 0.25) is 5.82 Å². The molecule has 0 atom stereocenters. The molecule has 4 aromatic rings. The summed E-state index contributed by atoms with van der Waals surface area (Å²) in [6.07, 6.45) is -3.43. The molecular formula is C21H15F4N5O4. The second-order valence-electron chi connectivity index (χ2n) is 6.97. The molecule has 2 aromatic heterocycles. The van der Waals surface area contributed by atoms with E-state index < -0.39 is 36.7 Å². The summed E-state index contributed by atoms with van der Waals surface area (Å²) in [6, 6.07) is 10.00. The summed E-state index contributed by atoms with van der Waals surface area (Å²) in [5.41, 5.74) is 0.0968. The number of rotatable bonds is 8. The Morgan fingerprint density at radius 1 is 1.12 bits per heavy atom. The summed E-state index contributed by atoms with van der Waals surface area (Å²) in [4.78, 5) is 15.0. The van der Waals surface area contributed by atoms with Gasteiger partial charge in [-0.25, -0.2) is 13.9 Å². The molecule has 9 nitrogen and oxygen atoms in total. The fourth-order valence-corrected chi connectivity index (χ4v) is 3.04. The van der Waals surface area contributed by atoms with E-state index in [0.29, 0.717) is 5.56 Å². The fourth-order valence-electron chi connectivity index (χ4n) is 3.04. The van der Waals surface area contributed by atoms with E-state index in [-0.39, 0.29) is 29.5 Å². The van der Waals surface area contributed by atoms with Crippen molar-refractivity contribution in [1.29, 1.82) is 0 Å². The lowest BCUT2D eigenvalue weighted by atomic mass is 10.1. The van der Waals surface area contributed by atoms with Crippen molar-refractivity contribution >= 4 is 5.97 Å². The number of carbonyl (C=O) groups is 1. The van der Waals surface area contributed by atoms with Crippen molar-refractivity contribution in [3.8, 4) is 28.6 Å². The number of hydrogen-bond acceptors (Lipinski definition) is 7. The van der Waals surface area contributed by atoms with E-state index in [4.69, 9.17) is 14.4 Å². The Morgan fingerprint density at radius 2 is 1.85 bits per heavy atom. The first-order valence-corrected chi connectivity index (χ1v) is 9.71. The highest BCUT2D eigenvalue weighted by Gasteiger charge is 2.35. The number of halogens is 4. The topological polar surface area (TPSA) is 116 Å². The first-order chi connectivity index (χ1) is 16.2. The third-order valence-electron chi connectivity index (χ3n) is 4.61. The van der Waals surface area contributed by atoms with Gasteiger partial charge in [-0.3, -0.25) is 0 Å². The molecule has 13 heteroatoms. The molecule has 0 radical (unpaired) electrons. The number of carboxylic acids is 1. The van der Waals surface area contributed by atoms with Gasteiger partial charge < -0.3 is 14.4 Å². The number of hydrogen-bond donors (Lipinski definition) is 1. The Kier molecular flexibility index (Phi) is 6.25. The van der Waals surface area contributed by atoms with Crippen LogP contribution in [0.2, 0.25) is 0 Å². The average Bonchev–Trinajstić information content (AvgIpc) is 3.48. The van der Waals surface area contributed by atoms with Gasteiger partial charge >= 0.3 is 12.1 Å². The van der Waals surface area contributed by atoms with Crippen molar-refractivity contribution in [2.75, 3.05) is 13.3 Å². The molecule has 4 rings (SSSR count). The van der Waals surface area contributed by atoms with Gasteiger partial charge in [0.1, 0.15) is 19.0 Å². The molecule has 0 aliphatic heterocycles. The van der Waals surface area contributed by atoms with Crippen molar-refractivity contribution in [3.63, 3.8) is 0 Å². The maximum Gasteiger partial charge on any atom is 0.419 e. The van der Waals surface area contributed by atoms with Crippen molar-refractivity contribution in [2.24, 2.45) is 0 Å². The zero-order valence-electron chi connectivity index (χ0n) is 17.2. The first-order valence-electron chi connectivity index (χ1n) is 9.71. The van der Waals surface area contributed by atoms with Gasteiger partial charge in [0.05, 0.1) is 18.3 Å². The molecule has 1 N–H and O–H groups in total. The number of nitrogens with zero attached hydrogens (tertiary/aromatic N) is 5. The van der Waals surface area contributed by atoms with E-state index >= 15 is 0 Å². The van der Waals surface area contributed by atoms with Gasteiger partial charge in [-0.1, -0.05) is 34.6 Å². The second-order valence-corrected chi connectivity index (χ2v) is 6.97. The highest BCUT2D eigenvalue weighted by atomic mass is 19.4. The van der Waals surface area contributed by atoms with E-state index in [1.165, 1.54) is 16.9 Å². The molecule has 0 saturated heterocycles. The van der Waals surface area contributed by atoms with Crippen LogP contribution in [0, 0.1) is 0 Å². The summed E-state index contributed by atoms with van der Waals surface area (Å²) in [7, 11) is 0. The minimum absolute atomic E-state index is 0.0238. The summed E-state index contributed by atoms with van der Waals surface area (Å²) >= 11 is 0. The van der Waals surface area contributed by atoms with E-state index in [1.807, 2.05) is 0 Å². The standard InChI is InChI=1S/C21H15F4N5O4/c22-7-8-33-17-6-5-14(9-15(17)21(23,24)25)19-26-18(28-34-19)13-3-1-12(2-4-13)10-30-11-16(20(31)32)27-29-30/h1-6,9,11H,7-8,10H2,(H,31,32). The highest BCUT2D eigenvalue weighted by Crippen LogP contribution is 2.38. The van der Waals surface area contributed by atoms with Gasteiger partial charge in [0.25, 0.3) is 5.89 Å². The van der Waals surface area contributed by atoms with E-state index in [9.17, 15) is 22.4 Å². The highest BCUT2D eigenvalue weighted by molar-refractivity contribution is 5.84. The lowest BCUT2D eigenvalue weighted by Gasteiger charge is -2.13. The quantitative estimate of drug-likeness (QED) is 0.377. The Morgan fingerprint density at radius 3 is 2.50 bits per heavy atom. The molecule has 34 heavy (non-hydrogen) atoms. The number of carboxylic acid groups (broad SMARTS) is 1. The molecule has 0 aliphatic carbocycles. The van der Waals surface area contributed by atoms with Gasteiger partial charge in [-0.15, -0.1) is 5.10 Å². The summed E-state index contributed by atoms with van der Waals surface area (Å²) in [6.45, 7) is -1.15. The predicted octanol–water partition coefficient (Wildman–Crippen LogP) is 4.11. The summed E-state index contributed by atoms with van der Waals surface area (Å²) in [5.74, 6) is -1.65. The normalized spacial score (nSPS) is 11.5. The number of aromatic carboxylic acids is 1. The van der Waals surface area contributed by atoms with Crippen molar-refractivity contribution in [1.82, 2.24) is 25.1 Å². The van der Waals surface area contributed by atoms with Crippen molar-refractivity contribution in [3.05, 3.63) is 65.5 Å². The minimum atomic E-state index is -4.73. The van der Waals surface area contributed by atoms with E-state index in [0.717, 1.165) is 17.7 Å². The number of alkyl halides is 4. The maximum atomic E-state index is 13.4. The van der Waals surface area contributed by atoms with Gasteiger partial charge in [0.15, 0.2) is 5.69 Å². The van der Waals surface area contributed by atoms with Crippen LogP contribution < -0.4 is 4.74 Å². The van der Waals surface area contributed by atoms with Crippen LogP contribution in [0.25, 0.3) is 22.8 Å². The Balaban J connectivity index is 1.53. The van der Waals surface area contributed by atoms with Crippen LogP contribution in [0.1, 0.15) is 21.6 Å². The van der Waals surface area contributed by atoms with E-state index in [1.54, 1.807) is 24.3 Å². The van der Waals surface area contributed by atoms with Crippen LogP contribution in [0.5, 0.6) is 5.75 Å². The molecular weight excluding hydrogens is 462 g/mol. The van der Waals surface area contributed by atoms with Crippen LogP contribution in [0.15, 0.2) is 53.2 Å². The Labute approximate surface area is 188 Å². The molecule has 0 bridgehead atoms. The average molecular weight is 477 g/mol. The SMILES string of the molecule is O=C(O)c1cn(Cc2ccc(-c3noc(-c4ccc(OCCF)c(C(F)(F)F)c4)n3)cc2)nn1. The second kappa shape index (κ2) is 9.29. The summed E-state index contributed by atoms with van der Waals surface area (Å²) in [5, 5.41) is 20.0. The maximum absolute atomic E-state index is 13.4. The van der Waals surface area contributed by atoms with Crippen LogP contribution >= 0.6 is 0 Å². The zero-order chi connectivity index (χ0) is 24.3. The van der Waals surface area contributed by atoms with Gasteiger partial charge in [-0.05, 0) is 23.8 Å². The van der Waals surface area contributed by atoms with Crippen LogP contribution in [-0.2, 0) is 12.7 Å². The lowest BCUT2D eigenvalue weighted by molar-refractivity contribution is -0.138. The van der Waals surface area contributed by atoms with Crippen LogP contribution in [0.4, 0.5) is 17.6 Å². The number of benzene rings is 2. The van der Waals surface area contributed by atoms with Crippen LogP contribution in [0.3, 0.4) is 0 Å². The van der Waals surface area contributed by atoms with Gasteiger partial charge in [-0.2, -0.15) is 18.2 Å². The Hall–Kier alpha value is -4.29. The van der Waals surface area contributed by atoms with Crippen LogP contribution in [-0.4, -0.2) is 49.5 Å². The van der Waals surface area contributed by atoms with E-state index in [2.05, 4.69) is 20.5 Å². The predicted molar refractivity (Wildman–Crippen MR) is 108 cm³/mol. The third-order valence-corrected chi connectivity index (χ3v) is 4.61. The molecule has 2 heterocycles. The van der Waals surface area contributed by atoms with Gasteiger partial charge in [0, 0.05) is 11.1 Å². The lowest BCUT2D eigenvalue weighted by Crippen LogP contribution is -2.10. The number of ether oxygens (including phenoxy) is 1. The third kappa shape index (κ3) is 5.03. The smallest absolute Gasteiger partial charge is 0.419 e. The molecule has 0 amide bonds.